The van der Waals surface area contributed by atoms with Crippen LogP contribution in [-0.4, -0.2) is 94.5 Å². The summed E-state index contributed by atoms with van der Waals surface area (Å²) in [5.74, 6) is 0.230. The molecule has 0 saturated carbocycles. The predicted octanol–water partition coefficient (Wildman–Crippen LogP) is 6.72. The van der Waals surface area contributed by atoms with Crippen molar-refractivity contribution in [2.45, 2.75) is 50.4 Å². The third-order valence-corrected chi connectivity index (χ3v) is 12.9. The molecule has 0 spiro atoms. The van der Waals surface area contributed by atoms with Crippen LogP contribution in [0.15, 0.2) is 138 Å². The van der Waals surface area contributed by atoms with Crippen LogP contribution in [-0.2, 0) is 28.1 Å². The van der Waals surface area contributed by atoms with E-state index in [0.717, 1.165) is 50.9 Å². The second kappa shape index (κ2) is 21.1. The Morgan fingerprint density at radius 2 is 1.43 bits per heavy atom. The lowest BCUT2D eigenvalue weighted by atomic mass is 9.86. The standard InChI is InChI=1S/C53H58N4O8/c58-47-20-18-45(46-19-21-49(60)55-50(46)47)48(59)33-54-27-22-37-14-16-41(17-15-37)51(61)57-30-25-40(26-31-57)35-64-44-13-7-12-43(32-44)53(63,42-10-5-2-6-11-42)52(62)65-36-39-23-28-56(29-24-39)34-38-8-3-1-4-9-38/h1-21,32,39-40,48,54,58-59,63H,22-31,33-36H2,(H,55,60)/t48-,53?/m0/s1. The van der Waals surface area contributed by atoms with E-state index in [2.05, 4.69) is 39.5 Å². The number of hydrogen-bond donors (Lipinski definition) is 5. The molecule has 338 valence electrons. The van der Waals surface area contributed by atoms with E-state index in [-0.39, 0.29) is 42.2 Å². The van der Waals surface area contributed by atoms with Gasteiger partial charge in [-0.15, -0.1) is 0 Å². The van der Waals surface area contributed by atoms with Crippen molar-refractivity contribution in [3.8, 4) is 11.5 Å². The van der Waals surface area contributed by atoms with E-state index < -0.39 is 17.7 Å². The minimum atomic E-state index is -2.02. The molecule has 8 rings (SSSR count). The normalized spacial score (nSPS) is 16.5. The Labute approximate surface area is 379 Å². The van der Waals surface area contributed by atoms with Crippen LogP contribution in [0.2, 0.25) is 0 Å². The minimum absolute atomic E-state index is 0.00654. The summed E-state index contributed by atoms with van der Waals surface area (Å²) in [6.45, 7) is 5.55. The number of H-pyrrole nitrogens is 1. The molecule has 2 aliphatic rings. The SMILES string of the molecule is O=C(c1ccc(CCNC[C@H](O)c2ccc(O)c3[nH]c(=O)ccc23)cc1)N1CCC(COc2cccc(C(O)(C(=O)OCC3CCN(Cc4ccccc4)CC3)c3ccccc3)c2)CC1. The molecule has 1 aromatic heterocycles. The number of nitrogens with one attached hydrogen (secondary N) is 2. The lowest BCUT2D eigenvalue weighted by molar-refractivity contribution is -0.164. The molecule has 5 N–H and O–H groups in total. The molecule has 6 aromatic rings. The number of aromatic amines is 1. The van der Waals surface area contributed by atoms with E-state index >= 15 is 0 Å². The Balaban J connectivity index is 0.785. The lowest BCUT2D eigenvalue weighted by Crippen LogP contribution is -2.40. The first kappa shape index (κ1) is 45.3. The second-order valence-electron chi connectivity index (χ2n) is 17.4. The van der Waals surface area contributed by atoms with E-state index in [1.165, 1.54) is 17.7 Å². The number of aliphatic hydroxyl groups excluding tert-OH is 1. The number of carbonyl (C=O) groups is 2. The van der Waals surface area contributed by atoms with Crippen molar-refractivity contribution in [2.24, 2.45) is 11.8 Å². The smallest absolute Gasteiger partial charge is 0.347 e. The predicted molar refractivity (Wildman–Crippen MR) is 250 cm³/mol. The third kappa shape index (κ3) is 11.1. The van der Waals surface area contributed by atoms with Gasteiger partial charge in [-0.2, -0.15) is 0 Å². The quantitative estimate of drug-likeness (QED) is 0.0491. The molecular weight excluding hydrogens is 821 g/mol. The van der Waals surface area contributed by atoms with Gasteiger partial charge in [0.15, 0.2) is 0 Å². The van der Waals surface area contributed by atoms with Crippen molar-refractivity contribution in [1.82, 2.24) is 20.1 Å². The van der Waals surface area contributed by atoms with Crippen molar-refractivity contribution < 1.29 is 34.4 Å². The summed E-state index contributed by atoms with van der Waals surface area (Å²) in [6, 6.07) is 40.2. The van der Waals surface area contributed by atoms with Gasteiger partial charge >= 0.3 is 5.97 Å². The molecule has 1 amide bonds. The highest BCUT2D eigenvalue weighted by molar-refractivity contribution is 5.94. The number of aromatic hydroxyl groups is 1. The molecule has 0 radical (unpaired) electrons. The van der Waals surface area contributed by atoms with Gasteiger partial charge in [0.1, 0.15) is 11.5 Å². The largest absolute Gasteiger partial charge is 0.506 e. The minimum Gasteiger partial charge on any atom is -0.506 e. The number of nitrogens with zero attached hydrogens (tertiary/aromatic N) is 2. The fourth-order valence-corrected chi connectivity index (χ4v) is 8.99. The summed E-state index contributed by atoms with van der Waals surface area (Å²) in [5, 5.41) is 37.1. The maximum atomic E-state index is 13.9. The van der Waals surface area contributed by atoms with Crippen LogP contribution in [0.25, 0.3) is 10.9 Å². The Bertz CT molecular complexity index is 2570. The highest BCUT2D eigenvalue weighted by Gasteiger charge is 2.42. The number of aliphatic hydroxyl groups is 2. The number of phenols is 1. The van der Waals surface area contributed by atoms with Crippen LogP contribution in [0.3, 0.4) is 0 Å². The summed E-state index contributed by atoms with van der Waals surface area (Å²) in [4.78, 5) is 46.1. The zero-order valence-corrected chi connectivity index (χ0v) is 36.6. The molecular formula is C53H58N4O8. The Morgan fingerprint density at radius 3 is 2.17 bits per heavy atom. The number of likely N-dealkylation sites (tertiary alicyclic amines) is 2. The fraction of sp³-hybridized carbons (Fsp3) is 0.340. The molecule has 2 fully saturated rings. The van der Waals surface area contributed by atoms with Crippen LogP contribution < -0.4 is 15.6 Å². The number of ether oxygens (including phenoxy) is 2. The van der Waals surface area contributed by atoms with Crippen molar-refractivity contribution in [3.63, 3.8) is 0 Å². The number of pyridine rings is 1. The average Bonchev–Trinajstić information content (AvgIpc) is 3.35. The van der Waals surface area contributed by atoms with Gasteiger partial charge in [0.05, 0.1) is 24.8 Å². The molecule has 12 heteroatoms. The Morgan fingerprint density at radius 1 is 0.754 bits per heavy atom. The van der Waals surface area contributed by atoms with Crippen molar-refractivity contribution in [2.75, 3.05) is 52.5 Å². The summed E-state index contributed by atoms with van der Waals surface area (Å²) in [7, 11) is 0. The summed E-state index contributed by atoms with van der Waals surface area (Å²) < 4.78 is 12.2. The molecule has 65 heavy (non-hydrogen) atoms. The molecule has 5 aromatic carbocycles. The maximum absolute atomic E-state index is 13.9. The maximum Gasteiger partial charge on any atom is 0.347 e. The number of carbonyl (C=O) groups excluding carboxylic acids is 2. The number of esters is 1. The van der Waals surface area contributed by atoms with E-state index in [4.69, 9.17) is 9.47 Å². The van der Waals surface area contributed by atoms with Gasteiger partial charge in [-0.05, 0) is 122 Å². The van der Waals surface area contributed by atoms with Gasteiger partial charge in [0, 0.05) is 48.8 Å². The zero-order valence-electron chi connectivity index (χ0n) is 36.6. The molecule has 1 unspecified atom stereocenters. The van der Waals surface area contributed by atoms with Crippen LogP contribution >= 0.6 is 0 Å². The molecule has 0 aliphatic carbocycles. The van der Waals surface area contributed by atoms with Gasteiger partial charge in [-0.25, -0.2) is 4.79 Å². The Hall–Kier alpha value is -6.31. The van der Waals surface area contributed by atoms with Gasteiger partial charge in [0.2, 0.25) is 11.2 Å². The number of aromatic nitrogens is 1. The number of fused-ring (bicyclic) bond motifs is 1. The Kier molecular flexibility index (Phi) is 14.7. The number of amides is 1. The highest BCUT2D eigenvalue weighted by atomic mass is 16.5. The molecule has 12 nitrogen and oxygen atoms in total. The van der Waals surface area contributed by atoms with Crippen molar-refractivity contribution >= 4 is 22.8 Å². The second-order valence-corrected chi connectivity index (χ2v) is 17.4. The van der Waals surface area contributed by atoms with Crippen LogP contribution in [0.4, 0.5) is 0 Å². The zero-order chi connectivity index (χ0) is 45.2. The number of rotatable bonds is 17. The van der Waals surface area contributed by atoms with Gasteiger partial charge in [-0.3, -0.25) is 14.5 Å². The van der Waals surface area contributed by atoms with Gasteiger partial charge in [0.25, 0.3) is 5.91 Å². The molecule has 2 aliphatic heterocycles. The topological polar surface area (TPSA) is 165 Å². The average molecular weight is 879 g/mol. The number of benzene rings is 5. The first-order valence-corrected chi connectivity index (χ1v) is 22.7. The van der Waals surface area contributed by atoms with E-state index in [0.29, 0.717) is 71.6 Å². The van der Waals surface area contributed by atoms with E-state index in [1.807, 2.05) is 47.4 Å². The van der Waals surface area contributed by atoms with Crippen molar-refractivity contribution in [3.05, 3.63) is 177 Å². The summed E-state index contributed by atoms with van der Waals surface area (Å²) in [5.41, 5.74) is 2.35. The summed E-state index contributed by atoms with van der Waals surface area (Å²) >= 11 is 0. The fourth-order valence-electron chi connectivity index (χ4n) is 8.99. The van der Waals surface area contributed by atoms with Gasteiger partial charge in [-0.1, -0.05) is 91.0 Å². The molecule has 2 saturated heterocycles. The van der Waals surface area contributed by atoms with Gasteiger partial charge < -0.3 is 40.0 Å². The van der Waals surface area contributed by atoms with E-state index in [9.17, 15) is 29.7 Å². The number of hydrogen-bond acceptors (Lipinski definition) is 10. The molecule has 2 atom stereocenters. The first-order valence-electron chi connectivity index (χ1n) is 22.7. The lowest BCUT2D eigenvalue weighted by Gasteiger charge is -2.33. The van der Waals surface area contributed by atoms with E-state index in [1.54, 1.807) is 54.6 Å². The molecule has 0 bridgehead atoms. The summed E-state index contributed by atoms with van der Waals surface area (Å²) in [6.07, 6.45) is 3.25. The third-order valence-electron chi connectivity index (χ3n) is 12.9. The van der Waals surface area contributed by atoms with Crippen LogP contribution in [0.5, 0.6) is 11.5 Å². The first-order chi connectivity index (χ1) is 31.6. The monoisotopic (exact) mass is 878 g/mol. The number of phenolic OH excluding ortho intramolecular Hbond substituents is 1. The molecule has 3 heterocycles. The van der Waals surface area contributed by atoms with Crippen molar-refractivity contribution in [1.29, 1.82) is 0 Å². The van der Waals surface area contributed by atoms with Crippen LogP contribution in [0.1, 0.15) is 70.0 Å². The highest BCUT2D eigenvalue weighted by Crippen LogP contribution is 2.35. The number of piperidine rings is 2. The van der Waals surface area contributed by atoms with Crippen LogP contribution in [0, 0.1) is 11.8 Å².